The summed E-state index contributed by atoms with van der Waals surface area (Å²) in [6.45, 7) is 0. The largest absolute Gasteiger partial charge is 0.416 e. The standard InChI is InChI=1S/C15H15F3N2O/c16-15(17,18)11-5-6-12-10(3-1-2-4-14(19)21)7-8-20-13(12)9-11/h5-9H,1-4H2,(H2,19,21). The summed E-state index contributed by atoms with van der Waals surface area (Å²) in [4.78, 5) is 14.7. The van der Waals surface area contributed by atoms with E-state index in [1.165, 1.54) is 12.3 Å². The lowest BCUT2D eigenvalue weighted by molar-refractivity contribution is -0.137. The monoisotopic (exact) mass is 296 g/mol. The van der Waals surface area contributed by atoms with Crippen molar-refractivity contribution in [3.63, 3.8) is 0 Å². The van der Waals surface area contributed by atoms with Gasteiger partial charge in [0.2, 0.25) is 5.91 Å². The third kappa shape index (κ3) is 3.93. The summed E-state index contributed by atoms with van der Waals surface area (Å²) in [5.74, 6) is -0.343. The Labute approximate surface area is 120 Å². The van der Waals surface area contributed by atoms with Gasteiger partial charge in [-0.15, -0.1) is 0 Å². The van der Waals surface area contributed by atoms with Crippen molar-refractivity contribution in [2.75, 3.05) is 0 Å². The lowest BCUT2D eigenvalue weighted by atomic mass is 10.0. The number of pyridine rings is 1. The van der Waals surface area contributed by atoms with Crippen molar-refractivity contribution in [2.45, 2.75) is 31.9 Å². The number of halogens is 3. The number of carbonyl (C=O) groups excluding carboxylic acids is 1. The first-order valence-corrected chi connectivity index (χ1v) is 6.61. The van der Waals surface area contributed by atoms with Crippen molar-refractivity contribution in [3.05, 3.63) is 41.6 Å². The second-order valence-electron chi connectivity index (χ2n) is 4.87. The molecule has 0 spiro atoms. The molecule has 0 saturated heterocycles. The number of unbranched alkanes of at least 4 members (excludes halogenated alkanes) is 1. The quantitative estimate of drug-likeness (QED) is 0.859. The first kappa shape index (κ1) is 15.3. The zero-order chi connectivity index (χ0) is 15.5. The van der Waals surface area contributed by atoms with Crippen molar-refractivity contribution in [1.82, 2.24) is 4.98 Å². The van der Waals surface area contributed by atoms with Gasteiger partial charge in [0.25, 0.3) is 0 Å². The summed E-state index contributed by atoms with van der Waals surface area (Å²) in [5.41, 5.74) is 5.62. The minimum atomic E-state index is -4.37. The maximum absolute atomic E-state index is 12.7. The second kappa shape index (κ2) is 6.11. The van der Waals surface area contributed by atoms with Gasteiger partial charge in [0.15, 0.2) is 0 Å². The molecular weight excluding hydrogens is 281 g/mol. The molecule has 112 valence electrons. The van der Waals surface area contributed by atoms with Crippen LogP contribution in [0.15, 0.2) is 30.5 Å². The number of carbonyl (C=O) groups is 1. The summed E-state index contributed by atoms with van der Waals surface area (Å²) in [5, 5.41) is 0.713. The number of aromatic nitrogens is 1. The van der Waals surface area contributed by atoms with Crippen LogP contribution in [0.2, 0.25) is 0 Å². The molecule has 0 aliphatic carbocycles. The first-order chi connectivity index (χ1) is 9.88. The van der Waals surface area contributed by atoms with Crippen molar-refractivity contribution in [1.29, 1.82) is 0 Å². The first-order valence-electron chi connectivity index (χ1n) is 6.61. The molecular formula is C15H15F3N2O. The van der Waals surface area contributed by atoms with Crippen LogP contribution >= 0.6 is 0 Å². The maximum Gasteiger partial charge on any atom is 0.416 e. The predicted octanol–water partition coefficient (Wildman–Crippen LogP) is 3.45. The predicted molar refractivity (Wildman–Crippen MR) is 73.5 cm³/mol. The Balaban J connectivity index is 2.20. The number of benzene rings is 1. The van der Waals surface area contributed by atoms with Gasteiger partial charge in [-0.2, -0.15) is 13.2 Å². The molecule has 3 nitrogen and oxygen atoms in total. The molecule has 21 heavy (non-hydrogen) atoms. The Morgan fingerprint density at radius 3 is 2.62 bits per heavy atom. The normalized spacial score (nSPS) is 11.8. The molecule has 0 aliphatic heterocycles. The fraction of sp³-hybridized carbons (Fsp3) is 0.333. The third-order valence-corrected chi connectivity index (χ3v) is 3.28. The van der Waals surface area contributed by atoms with Gasteiger partial charge in [0.05, 0.1) is 11.1 Å². The molecule has 0 fully saturated rings. The topological polar surface area (TPSA) is 56.0 Å². The van der Waals surface area contributed by atoms with E-state index in [1.807, 2.05) is 0 Å². The minimum Gasteiger partial charge on any atom is -0.370 e. The van der Waals surface area contributed by atoms with Crippen molar-refractivity contribution in [3.8, 4) is 0 Å². The lowest BCUT2D eigenvalue weighted by Crippen LogP contribution is -2.09. The highest BCUT2D eigenvalue weighted by molar-refractivity contribution is 5.82. The molecule has 0 bridgehead atoms. The molecule has 6 heteroatoms. The van der Waals surface area contributed by atoms with E-state index in [9.17, 15) is 18.0 Å². The molecule has 0 atom stereocenters. The summed E-state index contributed by atoms with van der Waals surface area (Å²) >= 11 is 0. The number of hydrogen-bond acceptors (Lipinski definition) is 2. The highest BCUT2D eigenvalue weighted by atomic mass is 19.4. The number of alkyl halides is 3. The molecule has 1 heterocycles. The SMILES string of the molecule is NC(=O)CCCCc1ccnc2cc(C(F)(F)F)ccc12. The van der Waals surface area contributed by atoms with Gasteiger partial charge in [-0.25, -0.2) is 0 Å². The van der Waals surface area contributed by atoms with E-state index < -0.39 is 11.7 Å². The van der Waals surface area contributed by atoms with Crippen LogP contribution in [0.5, 0.6) is 0 Å². The Bertz CT molecular complexity index is 653. The average molecular weight is 296 g/mol. The summed E-state index contributed by atoms with van der Waals surface area (Å²) in [6.07, 6.45) is -0.443. The van der Waals surface area contributed by atoms with Crippen molar-refractivity contribution < 1.29 is 18.0 Å². The number of rotatable bonds is 5. The number of nitrogens with two attached hydrogens (primary N) is 1. The molecule has 0 radical (unpaired) electrons. The molecule has 0 aliphatic rings. The van der Waals surface area contributed by atoms with Gasteiger partial charge in [0.1, 0.15) is 0 Å². The fourth-order valence-corrected chi connectivity index (χ4v) is 2.22. The Hall–Kier alpha value is -2.11. The van der Waals surface area contributed by atoms with E-state index in [4.69, 9.17) is 5.73 Å². The van der Waals surface area contributed by atoms with Crippen LogP contribution in [-0.4, -0.2) is 10.9 Å². The van der Waals surface area contributed by atoms with Gasteiger partial charge in [-0.05, 0) is 43.0 Å². The van der Waals surface area contributed by atoms with Crippen molar-refractivity contribution in [2.24, 2.45) is 5.73 Å². The molecule has 2 N–H and O–H groups in total. The van der Waals surface area contributed by atoms with Crippen LogP contribution in [0.25, 0.3) is 10.9 Å². The minimum absolute atomic E-state index is 0.321. The van der Waals surface area contributed by atoms with E-state index in [1.54, 1.807) is 6.07 Å². The van der Waals surface area contributed by atoms with Crippen LogP contribution in [0, 0.1) is 0 Å². The molecule has 2 aromatic rings. The highest BCUT2D eigenvalue weighted by Crippen LogP contribution is 2.31. The smallest absolute Gasteiger partial charge is 0.370 e. The van der Waals surface area contributed by atoms with E-state index in [-0.39, 0.29) is 5.91 Å². The van der Waals surface area contributed by atoms with Gasteiger partial charge >= 0.3 is 6.18 Å². The Morgan fingerprint density at radius 1 is 1.19 bits per heavy atom. The van der Waals surface area contributed by atoms with Crippen LogP contribution in [0.1, 0.15) is 30.4 Å². The van der Waals surface area contributed by atoms with Gasteiger partial charge in [-0.1, -0.05) is 6.07 Å². The number of amides is 1. The molecule has 1 aromatic carbocycles. The zero-order valence-corrected chi connectivity index (χ0v) is 11.3. The van der Waals surface area contributed by atoms with Gasteiger partial charge in [0, 0.05) is 18.0 Å². The van der Waals surface area contributed by atoms with Gasteiger partial charge < -0.3 is 5.73 Å². The third-order valence-electron chi connectivity index (χ3n) is 3.28. The van der Waals surface area contributed by atoms with Crippen LogP contribution in [0.4, 0.5) is 13.2 Å². The number of hydrogen-bond donors (Lipinski definition) is 1. The Morgan fingerprint density at radius 2 is 1.95 bits per heavy atom. The second-order valence-corrected chi connectivity index (χ2v) is 4.87. The van der Waals surface area contributed by atoms with E-state index in [2.05, 4.69) is 4.98 Å². The summed E-state index contributed by atoms with van der Waals surface area (Å²) in [6, 6.07) is 5.37. The maximum atomic E-state index is 12.7. The number of aryl methyl sites for hydroxylation is 1. The average Bonchev–Trinajstić information content (AvgIpc) is 2.42. The fourth-order valence-electron chi connectivity index (χ4n) is 2.22. The number of fused-ring (bicyclic) bond motifs is 1. The summed E-state index contributed by atoms with van der Waals surface area (Å²) < 4.78 is 38.0. The summed E-state index contributed by atoms with van der Waals surface area (Å²) in [7, 11) is 0. The Kier molecular flexibility index (Phi) is 4.45. The van der Waals surface area contributed by atoms with Gasteiger partial charge in [-0.3, -0.25) is 9.78 Å². The molecule has 1 amide bonds. The highest BCUT2D eigenvalue weighted by Gasteiger charge is 2.30. The van der Waals surface area contributed by atoms with E-state index >= 15 is 0 Å². The molecule has 0 saturated carbocycles. The number of primary amides is 1. The van der Waals surface area contributed by atoms with Crippen LogP contribution < -0.4 is 5.73 Å². The zero-order valence-electron chi connectivity index (χ0n) is 11.3. The van der Waals surface area contributed by atoms with Crippen LogP contribution in [0.3, 0.4) is 0 Å². The number of nitrogens with zero attached hydrogens (tertiary/aromatic N) is 1. The van der Waals surface area contributed by atoms with E-state index in [0.29, 0.717) is 30.2 Å². The van der Waals surface area contributed by atoms with Crippen LogP contribution in [-0.2, 0) is 17.4 Å². The lowest BCUT2D eigenvalue weighted by Gasteiger charge is -2.10. The van der Waals surface area contributed by atoms with Crippen molar-refractivity contribution >= 4 is 16.8 Å². The molecule has 0 unspecified atom stereocenters. The molecule has 2 rings (SSSR count). The molecule has 1 aromatic heterocycles. The van der Waals surface area contributed by atoms with E-state index in [0.717, 1.165) is 24.1 Å².